The van der Waals surface area contributed by atoms with E-state index in [4.69, 9.17) is 24.2 Å². The Kier molecular flexibility index (Phi) is 3.36. The van der Waals surface area contributed by atoms with E-state index in [1.807, 2.05) is 0 Å². The summed E-state index contributed by atoms with van der Waals surface area (Å²) in [7, 11) is -9.35. The van der Waals surface area contributed by atoms with E-state index < -0.39 is 22.4 Å². The standard InChI is InChI=1S/C2H9O7PSi/c1-2(11(6,7)8)9-10(3,4)5/h2,6-8H,1H3,(H2,3,4,5). The van der Waals surface area contributed by atoms with Crippen molar-refractivity contribution in [2.45, 2.75) is 12.7 Å². The molecule has 1 atom stereocenters. The van der Waals surface area contributed by atoms with Gasteiger partial charge in [0.25, 0.3) is 0 Å². The zero-order valence-corrected chi connectivity index (χ0v) is 7.47. The highest BCUT2D eigenvalue weighted by molar-refractivity contribution is 7.46. The third-order valence-electron chi connectivity index (χ3n) is 0.841. The molecule has 0 fully saturated rings. The average Bonchev–Trinajstić information content (AvgIpc) is 1.56. The topological polar surface area (TPSA) is 127 Å². The van der Waals surface area contributed by atoms with E-state index in [1.54, 1.807) is 0 Å². The molecule has 0 aliphatic heterocycles. The van der Waals surface area contributed by atoms with Gasteiger partial charge in [-0.25, -0.2) is 4.57 Å². The Balaban J connectivity index is 4.10. The molecule has 0 aromatic rings. The second kappa shape index (κ2) is 3.29. The smallest absolute Gasteiger partial charge is 0.388 e. The van der Waals surface area contributed by atoms with Crippen molar-refractivity contribution in [3.8, 4) is 0 Å². The molecule has 0 aromatic heterocycles. The fraction of sp³-hybridized carbons (Fsp3) is 1.00. The molecule has 7 nitrogen and oxygen atoms in total. The van der Waals surface area contributed by atoms with Crippen LogP contribution in [0.15, 0.2) is 0 Å². The Labute approximate surface area is 63.5 Å². The van der Waals surface area contributed by atoms with Crippen molar-refractivity contribution in [2.24, 2.45) is 0 Å². The minimum atomic E-state index is -4.76. The van der Waals surface area contributed by atoms with Crippen LogP contribution < -0.4 is 0 Å². The molecule has 68 valence electrons. The molecule has 0 aliphatic rings. The molecular weight excluding hydrogens is 195 g/mol. The van der Waals surface area contributed by atoms with Crippen LogP contribution in [0.3, 0.4) is 0 Å². The molecular formula is C2H9O7PSi. The molecule has 11 heavy (non-hydrogen) atoms. The molecule has 9 heteroatoms. The SMILES string of the molecule is CC(OP(=O)(O)O)[Si](O)(O)O. The van der Waals surface area contributed by atoms with E-state index in [1.165, 1.54) is 0 Å². The molecule has 0 amide bonds. The van der Waals surface area contributed by atoms with E-state index in [2.05, 4.69) is 4.52 Å². The van der Waals surface area contributed by atoms with E-state index in [9.17, 15) is 4.57 Å². The Morgan fingerprint density at radius 2 is 1.73 bits per heavy atom. The normalized spacial score (nSPS) is 16.5. The summed E-state index contributed by atoms with van der Waals surface area (Å²) in [4.78, 5) is 41.6. The number of hydrogen-bond donors (Lipinski definition) is 5. The highest BCUT2D eigenvalue weighted by Crippen LogP contribution is 2.38. The summed E-state index contributed by atoms with van der Waals surface area (Å²) in [5.41, 5.74) is -1.65. The van der Waals surface area contributed by atoms with Crippen LogP contribution in [0.2, 0.25) is 0 Å². The predicted molar refractivity (Wildman–Crippen MR) is 35.0 cm³/mol. The van der Waals surface area contributed by atoms with Crippen LogP contribution >= 0.6 is 7.82 Å². The fourth-order valence-electron chi connectivity index (χ4n) is 0.277. The fourth-order valence-corrected chi connectivity index (χ4v) is 1.67. The average molecular weight is 204 g/mol. The van der Waals surface area contributed by atoms with Crippen LogP contribution in [0.5, 0.6) is 0 Å². The molecule has 0 heterocycles. The summed E-state index contributed by atoms with van der Waals surface area (Å²) < 4.78 is 13.8. The van der Waals surface area contributed by atoms with Gasteiger partial charge < -0.3 is 24.2 Å². The van der Waals surface area contributed by atoms with E-state index >= 15 is 0 Å². The van der Waals surface area contributed by atoms with Gasteiger partial charge in [-0.1, -0.05) is 0 Å². The Morgan fingerprint density at radius 1 is 1.36 bits per heavy atom. The van der Waals surface area contributed by atoms with E-state index in [0.717, 1.165) is 6.92 Å². The van der Waals surface area contributed by atoms with Crippen molar-refractivity contribution in [1.29, 1.82) is 0 Å². The maximum absolute atomic E-state index is 10.0. The van der Waals surface area contributed by atoms with Crippen LogP contribution in [-0.2, 0) is 9.09 Å². The summed E-state index contributed by atoms with van der Waals surface area (Å²) in [5, 5.41) is 0. The van der Waals surface area contributed by atoms with Crippen LogP contribution in [0, 0.1) is 0 Å². The highest BCUT2D eigenvalue weighted by Gasteiger charge is 2.40. The molecule has 0 aromatic carbocycles. The lowest BCUT2D eigenvalue weighted by molar-refractivity contribution is 0.109. The van der Waals surface area contributed by atoms with Crippen LogP contribution in [0.1, 0.15) is 6.92 Å². The van der Waals surface area contributed by atoms with E-state index in [-0.39, 0.29) is 0 Å². The lowest BCUT2D eigenvalue weighted by Gasteiger charge is -2.18. The maximum Gasteiger partial charge on any atom is 0.523 e. The Morgan fingerprint density at radius 3 is 1.82 bits per heavy atom. The molecule has 0 bridgehead atoms. The van der Waals surface area contributed by atoms with Gasteiger partial charge in [-0.2, -0.15) is 0 Å². The molecule has 0 saturated heterocycles. The maximum atomic E-state index is 10.0. The molecule has 1 unspecified atom stereocenters. The molecule has 0 aliphatic carbocycles. The quantitative estimate of drug-likeness (QED) is 0.264. The number of hydrogen-bond acceptors (Lipinski definition) is 5. The highest BCUT2D eigenvalue weighted by atomic mass is 31.2. The van der Waals surface area contributed by atoms with Gasteiger partial charge in [0, 0.05) is 0 Å². The lowest BCUT2D eigenvalue weighted by atomic mass is 10.9. The van der Waals surface area contributed by atoms with Crippen LogP contribution in [0.4, 0.5) is 0 Å². The summed E-state index contributed by atoms with van der Waals surface area (Å²) in [5.74, 6) is 0. The van der Waals surface area contributed by atoms with Crippen LogP contribution in [0.25, 0.3) is 0 Å². The van der Waals surface area contributed by atoms with Crippen molar-refractivity contribution in [1.82, 2.24) is 0 Å². The van der Waals surface area contributed by atoms with E-state index in [0.29, 0.717) is 0 Å². The molecule has 0 rings (SSSR count). The summed E-state index contributed by atoms with van der Waals surface area (Å²) in [6, 6.07) is 0. The van der Waals surface area contributed by atoms with Gasteiger partial charge in [-0.15, -0.1) is 0 Å². The zero-order valence-electron chi connectivity index (χ0n) is 5.58. The Hall–Kier alpha value is 0.207. The third kappa shape index (κ3) is 5.47. The van der Waals surface area contributed by atoms with Gasteiger partial charge in [-0.3, -0.25) is 4.52 Å². The first kappa shape index (κ1) is 11.2. The predicted octanol–water partition coefficient (Wildman–Crippen LogP) is -2.06. The molecule has 0 radical (unpaired) electrons. The summed E-state index contributed by atoms with van der Waals surface area (Å²) in [6.45, 7) is 0.950. The second-order valence-electron chi connectivity index (χ2n) is 1.93. The molecule has 0 spiro atoms. The number of phosphoric acid groups is 1. The van der Waals surface area contributed by atoms with Crippen molar-refractivity contribution in [3.63, 3.8) is 0 Å². The van der Waals surface area contributed by atoms with Crippen molar-refractivity contribution in [3.05, 3.63) is 0 Å². The van der Waals surface area contributed by atoms with Gasteiger partial charge in [-0.05, 0) is 6.92 Å². The van der Waals surface area contributed by atoms with Crippen molar-refractivity contribution >= 4 is 16.6 Å². The van der Waals surface area contributed by atoms with Crippen LogP contribution in [-0.4, -0.2) is 38.7 Å². The van der Waals surface area contributed by atoms with Gasteiger partial charge in [0.15, 0.2) is 0 Å². The largest absolute Gasteiger partial charge is 0.523 e. The first-order valence-electron chi connectivity index (χ1n) is 2.54. The van der Waals surface area contributed by atoms with Gasteiger partial charge in [0.05, 0.1) is 0 Å². The first-order chi connectivity index (χ1) is 4.63. The number of phosphoric ester groups is 1. The van der Waals surface area contributed by atoms with Crippen molar-refractivity contribution < 1.29 is 33.3 Å². The monoisotopic (exact) mass is 204 g/mol. The lowest BCUT2D eigenvalue weighted by Crippen LogP contribution is -2.48. The first-order valence-corrected chi connectivity index (χ1v) is 5.99. The second-order valence-corrected chi connectivity index (χ2v) is 5.31. The van der Waals surface area contributed by atoms with Gasteiger partial charge in [0.1, 0.15) is 5.73 Å². The zero-order chi connectivity index (χ0) is 9.28. The number of rotatable bonds is 3. The van der Waals surface area contributed by atoms with Gasteiger partial charge in [0.2, 0.25) is 0 Å². The van der Waals surface area contributed by atoms with Gasteiger partial charge >= 0.3 is 16.6 Å². The molecule has 5 N–H and O–H groups in total. The summed E-state index contributed by atoms with van der Waals surface area (Å²) >= 11 is 0. The minimum Gasteiger partial charge on any atom is -0.388 e. The van der Waals surface area contributed by atoms with Crippen molar-refractivity contribution in [2.75, 3.05) is 0 Å². The Bertz CT molecular complexity index is 168. The third-order valence-corrected chi connectivity index (χ3v) is 2.84. The summed E-state index contributed by atoms with van der Waals surface area (Å²) in [6.07, 6.45) is 0. The molecule has 0 saturated carbocycles. The minimum absolute atomic E-state index is 0.950.